The second kappa shape index (κ2) is 10.2. The molecule has 1 atom stereocenters. The van der Waals surface area contributed by atoms with Crippen molar-refractivity contribution < 1.29 is 19.1 Å². The van der Waals surface area contributed by atoms with Crippen LogP contribution >= 0.6 is 0 Å². The van der Waals surface area contributed by atoms with Gasteiger partial charge in [0.25, 0.3) is 0 Å². The molecule has 0 N–H and O–H groups in total. The number of benzene rings is 3. The zero-order valence-corrected chi connectivity index (χ0v) is 19.5. The minimum absolute atomic E-state index is 0.267. The van der Waals surface area contributed by atoms with Gasteiger partial charge >= 0.3 is 5.97 Å². The first kappa shape index (κ1) is 23.1. The molecule has 0 fully saturated rings. The normalized spacial score (nSPS) is 11.6. The van der Waals surface area contributed by atoms with Crippen LogP contribution in [0.3, 0.4) is 0 Å². The molecule has 1 aromatic heterocycles. The predicted molar refractivity (Wildman–Crippen MR) is 132 cm³/mol. The minimum atomic E-state index is -0.915. The van der Waals surface area contributed by atoms with Gasteiger partial charge in [-0.15, -0.1) is 0 Å². The number of Topliss-reactive ketones (excluding diaryl/α,β-unsaturated/α-hetero) is 1. The molecule has 0 aliphatic heterocycles. The van der Waals surface area contributed by atoms with Crippen molar-refractivity contribution in [2.45, 2.75) is 33.5 Å². The van der Waals surface area contributed by atoms with Crippen molar-refractivity contribution in [2.75, 3.05) is 0 Å². The van der Waals surface area contributed by atoms with Gasteiger partial charge in [-0.3, -0.25) is 4.79 Å². The average molecular weight is 454 g/mol. The van der Waals surface area contributed by atoms with Gasteiger partial charge in [0.05, 0.1) is 5.56 Å². The molecule has 0 saturated heterocycles. The molecule has 0 aliphatic carbocycles. The maximum Gasteiger partial charge on any atom is 0.338 e. The Balaban J connectivity index is 1.38. The highest BCUT2D eigenvalue weighted by atomic mass is 16.5. The first-order chi connectivity index (χ1) is 16.4. The Morgan fingerprint density at radius 2 is 1.47 bits per heavy atom. The monoisotopic (exact) mass is 453 g/mol. The Kier molecular flexibility index (Phi) is 6.93. The molecule has 0 spiro atoms. The summed E-state index contributed by atoms with van der Waals surface area (Å²) in [5.74, 6) is -0.137. The third-order valence-electron chi connectivity index (χ3n) is 5.65. The average Bonchev–Trinajstić information content (AvgIpc) is 3.21. The fourth-order valence-corrected chi connectivity index (χ4v) is 3.82. The highest BCUT2D eigenvalue weighted by Crippen LogP contribution is 2.20. The lowest BCUT2D eigenvalue weighted by atomic mass is 10.1. The second-order valence-corrected chi connectivity index (χ2v) is 8.21. The zero-order valence-electron chi connectivity index (χ0n) is 19.5. The molecule has 4 rings (SSSR count). The van der Waals surface area contributed by atoms with Gasteiger partial charge < -0.3 is 14.0 Å². The molecule has 172 valence electrons. The second-order valence-electron chi connectivity index (χ2n) is 8.21. The number of ether oxygens (including phenoxy) is 2. The zero-order chi connectivity index (χ0) is 24.1. The van der Waals surface area contributed by atoms with Crippen LogP contribution < -0.4 is 4.74 Å². The molecule has 3 aromatic carbocycles. The summed E-state index contributed by atoms with van der Waals surface area (Å²) in [5.41, 5.74) is 4.94. The third kappa shape index (κ3) is 5.26. The lowest BCUT2D eigenvalue weighted by Crippen LogP contribution is -2.24. The molecule has 1 heterocycles. The van der Waals surface area contributed by atoms with Crippen molar-refractivity contribution in [3.05, 3.63) is 119 Å². The van der Waals surface area contributed by atoms with E-state index in [9.17, 15) is 9.59 Å². The number of aromatic nitrogens is 1. The number of hydrogen-bond acceptors (Lipinski definition) is 4. The number of rotatable bonds is 8. The molecule has 0 aliphatic rings. The van der Waals surface area contributed by atoms with Gasteiger partial charge in [0, 0.05) is 22.6 Å². The predicted octanol–water partition coefficient (Wildman–Crippen LogP) is 6.10. The number of aryl methyl sites for hydroxylation is 2. The third-order valence-corrected chi connectivity index (χ3v) is 5.65. The summed E-state index contributed by atoms with van der Waals surface area (Å²) >= 11 is 0. The molecule has 5 nitrogen and oxygen atoms in total. The Bertz CT molecular complexity index is 1270. The first-order valence-corrected chi connectivity index (χ1v) is 11.2. The van der Waals surface area contributed by atoms with E-state index in [0.29, 0.717) is 23.5 Å². The largest absolute Gasteiger partial charge is 0.489 e. The fourth-order valence-electron chi connectivity index (χ4n) is 3.82. The number of ketones is 1. The highest BCUT2D eigenvalue weighted by Gasteiger charge is 2.21. The quantitative estimate of drug-likeness (QED) is 0.239. The number of carbonyl (C=O) groups excluding carboxylic acids is 2. The molecular formula is C29H27NO4. The summed E-state index contributed by atoms with van der Waals surface area (Å²) < 4.78 is 13.3. The van der Waals surface area contributed by atoms with Crippen LogP contribution in [0.15, 0.2) is 91.0 Å². The fraction of sp³-hybridized carbons (Fsp3) is 0.172. The standard InChI is InChI=1S/C29H27NO4/c1-20-12-13-21(2)30(20)26-11-7-10-25(18-26)29(32)34-22(3)28(31)24-14-16-27(17-15-24)33-19-23-8-5-4-6-9-23/h4-18,22H,19H2,1-3H3. The van der Waals surface area contributed by atoms with E-state index in [1.807, 2.05) is 68.4 Å². The summed E-state index contributed by atoms with van der Waals surface area (Å²) in [6.45, 7) is 6.06. The summed E-state index contributed by atoms with van der Waals surface area (Å²) in [7, 11) is 0. The smallest absolute Gasteiger partial charge is 0.338 e. The molecule has 5 heteroatoms. The van der Waals surface area contributed by atoms with Gasteiger partial charge in [0.15, 0.2) is 6.10 Å². The van der Waals surface area contributed by atoms with Gasteiger partial charge in [-0.05, 0) is 80.9 Å². The van der Waals surface area contributed by atoms with E-state index in [4.69, 9.17) is 9.47 Å². The van der Waals surface area contributed by atoms with Crippen LogP contribution in [0.5, 0.6) is 5.75 Å². The van der Waals surface area contributed by atoms with Crippen LogP contribution in [0.4, 0.5) is 0 Å². The van der Waals surface area contributed by atoms with Crippen molar-refractivity contribution in [1.82, 2.24) is 4.57 Å². The molecule has 4 aromatic rings. The van der Waals surface area contributed by atoms with E-state index in [1.165, 1.54) is 0 Å². The van der Waals surface area contributed by atoms with E-state index < -0.39 is 12.1 Å². The summed E-state index contributed by atoms with van der Waals surface area (Å²) in [4.78, 5) is 25.6. The molecular weight excluding hydrogens is 426 g/mol. The van der Waals surface area contributed by atoms with E-state index in [2.05, 4.69) is 4.57 Å². The van der Waals surface area contributed by atoms with Gasteiger partial charge in [-0.1, -0.05) is 36.4 Å². The van der Waals surface area contributed by atoms with Gasteiger partial charge in [-0.2, -0.15) is 0 Å². The van der Waals surface area contributed by atoms with Crippen LogP contribution in [0, 0.1) is 13.8 Å². The molecule has 34 heavy (non-hydrogen) atoms. The number of nitrogens with zero attached hydrogens (tertiary/aromatic N) is 1. The van der Waals surface area contributed by atoms with Crippen molar-refractivity contribution in [1.29, 1.82) is 0 Å². The topological polar surface area (TPSA) is 57.5 Å². The van der Waals surface area contributed by atoms with E-state index in [0.717, 1.165) is 22.6 Å². The lowest BCUT2D eigenvalue weighted by Gasteiger charge is -2.14. The summed E-state index contributed by atoms with van der Waals surface area (Å²) in [6, 6.07) is 28.0. The highest BCUT2D eigenvalue weighted by molar-refractivity contribution is 6.01. The maximum absolute atomic E-state index is 12.8. The molecule has 0 saturated carbocycles. The van der Waals surface area contributed by atoms with Crippen molar-refractivity contribution in [3.8, 4) is 11.4 Å². The molecule has 0 radical (unpaired) electrons. The Morgan fingerprint density at radius 1 is 0.794 bits per heavy atom. The van der Waals surface area contributed by atoms with Crippen molar-refractivity contribution in [2.24, 2.45) is 0 Å². The van der Waals surface area contributed by atoms with Crippen LogP contribution in [0.25, 0.3) is 5.69 Å². The van der Waals surface area contributed by atoms with Gasteiger partial charge in [-0.25, -0.2) is 4.79 Å². The Morgan fingerprint density at radius 3 is 2.15 bits per heavy atom. The van der Waals surface area contributed by atoms with E-state index >= 15 is 0 Å². The van der Waals surface area contributed by atoms with Crippen LogP contribution in [-0.2, 0) is 11.3 Å². The lowest BCUT2D eigenvalue weighted by molar-refractivity contribution is 0.0319. The van der Waals surface area contributed by atoms with Crippen molar-refractivity contribution >= 4 is 11.8 Å². The number of hydrogen-bond donors (Lipinski definition) is 0. The SMILES string of the molecule is Cc1ccc(C)n1-c1cccc(C(=O)OC(C)C(=O)c2ccc(OCc3ccccc3)cc2)c1. The molecule has 0 amide bonds. The molecule has 0 bridgehead atoms. The maximum atomic E-state index is 12.8. The Labute approximate surface area is 199 Å². The van der Waals surface area contributed by atoms with Gasteiger partial charge in [0.2, 0.25) is 5.78 Å². The van der Waals surface area contributed by atoms with Crippen molar-refractivity contribution in [3.63, 3.8) is 0 Å². The Hall–Kier alpha value is -4.12. The molecule has 1 unspecified atom stereocenters. The number of carbonyl (C=O) groups is 2. The summed E-state index contributed by atoms with van der Waals surface area (Å²) in [6.07, 6.45) is -0.915. The summed E-state index contributed by atoms with van der Waals surface area (Å²) in [5, 5.41) is 0. The number of esters is 1. The van der Waals surface area contributed by atoms with Gasteiger partial charge in [0.1, 0.15) is 12.4 Å². The van der Waals surface area contributed by atoms with E-state index in [1.54, 1.807) is 43.3 Å². The minimum Gasteiger partial charge on any atom is -0.489 e. The van der Waals surface area contributed by atoms with Crippen LogP contribution in [-0.4, -0.2) is 22.4 Å². The van der Waals surface area contributed by atoms with Crippen LogP contribution in [0.2, 0.25) is 0 Å². The van der Waals surface area contributed by atoms with E-state index in [-0.39, 0.29) is 5.78 Å². The van der Waals surface area contributed by atoms with Crippen LogP contribution in [0.1, 0.15) is 44.6 Å². The first-order valence-electron chi connectivity index (χ1n) is 11.2.